The molecule has 0 aromatic carbocycles. The van der Waals surface area contributed by atoms with Gasteiger partial charge >= 0.3 is 0 Å². The molecule has 0 atom stereocenters. The number of rotatable bonds is 5. The van der Waals surface area contributed by atoms with Gasteiger partial charge in [0.25, 0.3) is 5.91 Å². The molecule has 2 rings (SSSR count). The molecule has 0 aliphatic carbocycles. The van der Waals surface area contributed by atoms with Crippen LogP contribution in [0.15, 0.2) is 30.0 Å². The fourth-order valence-electron chi connectivity index (χ4n) is 1.76. The third-order valence-electron chi connectivity index (χ3n) is 2.93. The average molecular weight is 290 g/mol. The molecular weight excluding hydrogens is 272 g/mol. The van der Waals surface area contributed by atoms with Crippen LogP contribution in [0.3, 0.4) is 0 Å². The molecule has 0 aliphatic heterocycles. The van der Waals surface area contributed by atoms with Crippen molar-refractivity contribution in [2.24, 2.45) is 0 Å². The summed E-state index contributed by atoms with van der Waals surface area (Å²) in [6.07, 6.45) is 3.44. The first-order chi connectivity index (χ1) is 9.59. The molecule has 0 saturated carbocycles. The average Bonchev–Trinajstić information content (AvgIpc) is 2.98. The predicted octanol–water partition coefficient (Wildman–Crippen LogP) is 1.84. The number of carbonyl (C=O) groups is 1. The fourth-order valence-corrected chi connectivity index (χ4v) is 2.40. The number of thiazole rings is 1. The molecule has 5 nitrogen and oxygen atoms in total. The second kappa shape index (κ2) is 6.58. The molecule has 0 aliphatic rings. The van der Waals surface area contributed by atoms with Crippen molar-refractivity contribution in [3.8, 4) is 10.6 Å². The number of likely N-dealkylation sites (N-methyl/N-ethyl adjacent to an activating group) is 2. The minimum absolute atomic E-state index is 0.0108. The highest BCUT2D eigenvalue weighted by Gasteiger charge is 2.18. The van der Waals surface area contributed by atoms with E-state index in [-0.39, 0.29) is 5.91 Å². The van der Waals surface area contributed by atoms with Crippen molar-refractivity contribution in [1.29, 1.82) is 0 Å². The highest BCUT2D eigenvalue weighted by Crippen LogP contribution is 2.25. The fraction of sp³-hybridized carbons (Fsp3) is 0.357. The molecule has 0 saturated heterocycles. The predicted molar refractivity (Wildman–Crippen MR) is 80.9 cm³/mol. The maximum atomic E-state index is 12.5. The number of aromatic nitrogens is 2. The minimum Gasteiger partial charge on any atom is -0.340 e. The lowest BCUT2D eigenvalue weighted by Crippen LogP contribution is -2.33. The van der Waals surface area contributed by atoms with E-state index in [4.69, 9.17) is 0 Å². The van der Waals surface area contributed by atoms with Crippen LogP contribution in [0.2, 0.25) is 0 Å². The quantitative estimate of drug-likeness (QED) is 0.843. The Labute approximate surface area is 122 Å². The van der Waals surface area contributed by atoms with Gasteiger partial charge in [0.1, 0.15) is 0 Å². The zero-order valence-electron chi connectivity index (χ0n) is 11.9. The first-order valence-electron chi connectivity index (χ1n) is 6.33. The first-order valence-corrected chi connectivity index (χ1v) is 7.21. The van der Waals surface area contributed by atoms with Gasteiger partial charge in [0.15, 0.2) is 0 Å². The van der Waals surface area contributed by atoms with Crippen molar-refractivity contribution in [3.63, 3.8) is 0 Å². The molecule has 106 valence electrons. The molecule has 0 bridgehead atoms. The second-order valence-electron chi connectivity index (χ2n) is 4.80. The Morgan fingerprint density at radius 2 is 2.10 bits per heavy atom. The summed E-state index contributed by atoms with van der Waals surface area (Å²) >= 11 is 1.48. The van der Waals surface area contributed by atoms with Crippen LogP contribution in [0.1, 0.15) is 10.4 Å². The van der Waals surface area contributed by atoms with Gasteiger partial charge in [0.2, 0.25) is 0 Å². The van der Waals surface area contributed by atoms with Crippen LogP contribution in [0.5, 0.6) is 0 Å². The van der Waals surface area contributed by atoms with Gasteiger partial charge in [-0.1, -0.05) is 0 Å². The molecule has 0 fully saturated rings. The molecule has 2 aromatic rings. The summed E-state index contributed by atoms with van der Waals surface area (Å²) in [5.41, 5.74) is 3.07. The molecular formula is C14H18N4OS. The van der Waals surface area contributed by atoms with Crippen molar-refractivity contribution in [3.05, 3.63) is 35.6 Å². The molecule has 2 aromatic heterocycles. The van der Waals surface area contributed by atoms with Gasteiger partial charge in [-0.05, 0) is 26.2 Å². The molecule has 0 N–H and O–H groups in total. The smallest absolute Gasteiger partial charge is 0.255 e. The SMILES string of the molecule is CN(C)CCN(C)C(=O)c1cccnc1-c1cncs1. The standard InChI is InChI=1S/C14H18N4OS/c1-17(2)7-8-18(3)14(19)11-5-4-6-16-13(11)12-9-15-10-20-12/h4-6,9-10H,7-8H2,1-3H3. The first kappa shape index (κ1) is 14.6. The van der Waals surface area contributed by atoms with Crippen LogP contribution in [-0.4, -0.2) is 59.9 Å². The second-order valence-corrected chi connectivity index (χ2v) is 5.68. The zero-order chi connectivity index (χ0) is 14.5. The Morgan fingerprint density at radius 1 is 1.30 bits per heavy atom. The summed E-state index contributed by atoms with van der Waals surface area (Å²) in [5.74, 6) is -0.0108. The molecule has 6 heteroatoms. The van der Waals surface area contributed by atoms with Gasteiger partial charge in [-0.3, -0.25) is 14.8 Å². The van der Waals surface area contributed by atoms with Crippen LogP contribution in [0, 0.1) is 0 Å². The van der Waals surface area contributed by atoms with E-state index in [0.29, 0.717) is 17.8 Å². The van der Waals surface area contributed by atoms with E-state index in [1.54, 1.807) is 28.9 Å². The summed E-state index contributed by atoms with van der Waals surface area (Å²) in [6.45, 7) is 1.52. The lowest BCUT2D eigenvalue weighted by molar-refractivity contribution is 0.0786. The third-order valence-corrected chi connectivity index (χ3v) is 3.71. The van der Waals surface area contributed by atoms with Crippen molar-refractivity contribution < 1.29 is 4.79 Å². The van der Waals surface area contributed by atoms with E-state index in [1.165, 1.54) is 11.3 Å². The van der Waals surface area contributed by atoms with Gasteiger partial charge in [-0.25, -0.2) is 0 Å². The molecule has 1 amide bonds. The van der Waals surface area contributed by atoms with Crippen LogP contribution in [0.4, 0.5) is 0 Å². The highest BCUT2D eigenvalue weighted by atomic mass is 32.1. The van der Waals surface area contributed by atoms with Crippen molar-refractivity contribution in [2.45, 2.75) is 0 Å². The van der Waals surface area contributed by atoms with Crippen LogP contribution in [-0.2, 0) is 0 Å². The van der Waals surface area contributed by atoms with Gasteiger partial charge in [-0.2, -0.15) is 0 Å². The van der Waals surface area contributed by atoms with Crippen molar-refractivity contribution in [2.75, 3.05) is 34.2 Å². The number of pyridine rings is 1. The molecule has 0 radical (unpaired) electrons. The van der Waals surface area contributed by atoms with E-state index in [9.17, 15) is 4.79 Å². The summed E-state index contributed by atoms with van der Waals surface area (Å²) in [7, 11) is 5.80. The highest BCUT2D eigenvalue weighted by molar-refractivity contribution is 7.13. The van der Waals surface area contributed by atoms with Gasteiger partial charge in [0.05, 0.1) is 21.6 Å². The molecule has 2 heterocycles. The Morgan fingerprint density at radius 3 is 2.75 bits per heavy atom. The Hall–Kier alpha value is -1.79. The zero-order valence-corrected chi connectivity index (χ0v) is 12.7. The lowest BCUT2D eigenvalue weighted by atomic mass is 10.1. The lowest BCUT2D eigenvalue weighted by Gasteiger charge is -2.20. The number of carbonyl (C=O) groups excluding carboxylic acids is 1. The van der Waals surface area contributed by atoms with E-state index in [0.717, 1.165) is 11.4 Å². The van der Waals surface area contributed by atoms with E-state index < -0.39 is 0 Å². The minimum atomic E-state index is -0.0108. The topological polar surface area (TPSA) is 49.3 Å². The number of amides is 1. The van der Waals surface area contributed by atoms with Crippen molar-refractivity contribution >= 4 is 17.2 Å². The van der Waals surface area contributed by atoms with Crippen LogP contribution >= 0.6 is 11.3 Å². The van der Waals surface area contributed by atoms with Gasteiger partial charge < -0.3 is 9.80 Å². The maximum Gasteiger partial charge on any atom is 0.255 e. The largest absolute Gasteiger partial charge is 0.340 e. The van der Waals surface area contributed by atoms with Crippen LogP contribution < -0.4 is 0 Å². The number of hydrogen-bond donors (Lipinski definition) is 0. The van der Waals surface area contributed by atoms with E-state index in [1.807, 2.05) is 27.2 Å². The molecule has 0 unspecified atom stereocenters. The summed E-state index contributed by atoms with van der Waals surface area (Å²) < 4.78 is 0. The Balaban J connectivity index is 2.22. The van der Waals surface area contributed by atoms with Gasteiger partial charge in [-0.15, -0.1) is 11.3 Å². The molecule has 0 spiro atoms. The van der Waals surface area contributed by atoms with Crippen molar-refractivity contribution in [1.82, 2.24) is 19.8 Å². The Kier molecular flexibility index (Phi) is 4.81. The van der Waals surface area contributed by atoms with Gasteiger partial charge in [0, 0.05) is 32.5 Å². The Bertz CT molecular complexity index is 568. The monoisotopic (exact) mass is 290 g/mol. The summed E-state index contributed by atoms with van der Waals surface area (Å²) in [6, 6.07) is 3.61. The number of hydrogen-bond acceptors (Lipinski definition) is 5. The van der Waals surface area contributed by atoms with E-state index >= 15 is 0 Å². The normalized spacial score (nSPS) is 10.8. The van der Waals surface area contributed by atoms with E-state index in [2.05, 4.69) is 14.9 Å². The number of nitrogens with zero attached hydrogens (tertiary/aromatic N) is 4. The summed E-state index contributed by atoms with van der Waals surface area (Å²) in [4.78, 5) is 25.6. The molecule has 20 heavy (non-hydrogen) atoms. The van der Waals surface area contributed by atoms with Crippen LogP contribution in [0.25, 0.3) is 10.6 Å². The maximum absolute atomic E-state index is 12.5. The third kappa shape index (κ3) is 3.40. The summed E-state index contributed by atoms with van der Waals surface area (Å²) in [5, 5.41) is 0.